The average molecular weight is 155 g/mol. The van der Waals surface area contributed by atoms with Crippen LogP contribution < -0.4 is 5.32 Å². The lowest BCUT2D eigenvalue weighted by Gasteiger charge is -2.22. The van der Waals surface area contributed by atoms with Gasteiger partial charge in [0.2, 0.25) is 0 Å². The molecule has 0 aliphatic carbocycles. The molecule has 0 heterocycles. The van der Waals surface area contributed by atoms with Crippen molar-refractivity contribution in [2.75, 3.05) is 7.05 Å². The summed E-state index contributed by atoms with van der Waals surface area (Å²) in [7, 11) is 1.79. The first-order valence-electron chi connectivity index (χ1n) is 3.76. The van der Waals surface area contributed by atoms with E-state index in [1.165, 1.54) is 0 Å². The summed E-state index contributed by atoms with van der Waals surface area (Å²) < 4.78 is 0. The van der Waals surface area contributed by atoms with Crippen molar-refractivity contribution in [1.82, 2.24) is 5.32 Å². The Morgan fingerprint density at radius 3 is 2.27 bits per heavy atom. The fourth-order valence-electron chi connectivity index (χ4n) is 0.634. The second-order valence-electron chi connectivity index (χ2n) is 3.43. The van der Waals surface area contributed by atoms with Crippen LogP contribution in [0.2, 0.25) is 0 Å². The summed E-state index contributed by atoms with van der Waals surface area (Å²) in [6, 6.07) is 0. The molecule has 2 nitrogen and oxygen atoms in total. The van der Waals surface area contributed by atoms with E-state index in [1.54, 1.807) is 7.05 Å². The highest BCUT2D eigenvalue weighted by atomic mass is 16.1. The molecule has 0 atom stereocenters. The normalized spacial score (nSPS) is 11.3. The Kier molecular flexibility index (Phi) is 3.46. The molecule has 0 saturated carbocycles. The number of Topliss-reactive ketones (excluding diaryl/α,β-unsaturated/α-hetero) is 1. The summed E-state index contributed by atoms with van der Waals surface area (Å²) in [6.45, 7) is 9.31. The maximum Gasteiger partial charge on any atom is 0.156 e. The Labute approximate surface area is 68.7 Å². The molecular weight excluding hydrogens is 138 g/mol. The largest absolute Gasteiger partial charge is 0.308 e. The zero-order valence-electron chi connectivity index (χ0n) is 7.82. The van der Waals surface area contributed by atoms with Crippen molar-refractivity contribution in [3.05, 3.63) is 12.2 Å². The van der Waals surface area contributed by atoms with Gasteiger partial charge in [0.05, 0.1) is 5.54 Å². The van der Waals surface area contributed by atoms with Gasteiger partial charge in [-0.05, 0) is 27.8 Å². The third kappa shape index (κ3) is 3.33. The fourth-order valence-corrected chi connectivity index (χ4v) is 0.634. The minimum atomic E-state index is -0.418. The fraction of sp³-hybridized carbons (Fsp3) is 0.667. The summed E-state index contributed by atoms with van der Waals surface area (Å²) in [5, 5.41) is 2.96. The van der Waals surface area contributed by atoms with Crippen molar-refractivity contribution in [2.24, 2.45) is 0 Å². The predicted molar refractivity (Wildman–Crippen MR) is 47.6 cm³/mol. The van der Waals surface area contributed by atoms with Gasteiger partial charge in [0.25, 0.3) is 0 Å². The van der Waals surface area contributed by atoms with E-state index in [9.17, 15) is 4.79 Å². The van der Waals surface area contributed by atoms with Crippen molar-refractivity contribution < 1.29 is 4.79 Å². The van der Waals surface area contributed by atoms with Gasteiger partial charge >= 0.3 is 0 Å². The summed E-state index contributed by atoms with van der Waals surface area (Å²) in [6.07, 6.45) is 0.466. The minimum absolute atomic E-state index is 0.188. The molecule has 0 aromatic rings. The SMILES string of the molecule is C=C(C)CC(=O)C(C)(C)NC. The molecule has 0 saturated heterocycles. The zero-order chi connectivity index (χ0) is 9.07. The summed E-state index contributed by atoms with van der Waals surface area (Å²) in [4.78, 5) is 11.4. The number of rotatable bonds is 4. The number of hydrogen-bond donors (Lipinski definition) is 1. The van der Waals surface area contributed by atoms with Gasteiger partial charge in [0.1, 0.15) is 0 Å². The van der Waals surface area contributed by atoms with Gasteiger partial charge in [0, 0.05) is 6.42 Å². The third-order valence-corrected chi connectivity index (χ3v) is 1.78. The second kappa shape index (κ2) is 3.67. The first-order valence-corrected chi connectivity index (χ1v) is 3.76. The molecule has 0 aromatic heterocycles. The Morgan fingerprint density at radius 1 is 1.55 bits per heavy atom. The van der Waals surface area contributed by atoms with Crippen LogP contribution in [0.4, 0.5) is 0 Å². The molecule has 0 unspecified atom stereocenters. The summed E-state index contributed by atoms with van der Waals surface area (Å²) in [5.41, 5.74) is 0.497. The van der Waals surface area contributed by atoms with Crippen LogP contribution in [-0.4, -0.2) is 18.4 Å². The maximum atomic E-state index is 11.4. The number of nitrogens with one attached hydrogen (secondary N) is 1. The lowest BCUT2D eigenvalue weighted by Crippen LogP contribution is -2.44. The van der Waals surface area contributed by atoms with E-state index in [2.05, 4.69) is 11.9 Å². The first-order chi connectivity index (χ1) is 4.90. The number of carbonyl (C=O) groups excluding carboxylic acids is 1. The van der Waals surface area contributed by atoms with Gasteiger partial charge in [-0.3, -0.25) is 4.79 Å². The van der Waals surface area contributed by atoms with Crippen molar-refractivity contribution >= 4 is 5.78 Å². The van der Waals surface area contributed by atoms with E-state index in [0.717, 1.165) is 5.57 Å². The van der Waals surface area contributed by atoms with E-state index in [1.807, 2.05) is 20.8 Å². The van der Waals surface area contributed by atoms with Crippen LogP contribution in [-0.2, 0) is 4.79 Å². The van der Waals surface area contributed by atoms with Gasteiger partial charge in [-0.2, -0.15) is 0 Å². The molecule has 0 fully saturated rings. The molecule has 64 valence electrons. The molecule has 0 amide bonds. The van der Waals surface area contributed by atoms with Crippen LogP contribution in [0, 0.1) is 0 Å². The zero-order valence-corrected chi connectivity index (χ0v) is 7.82. The molecule has 0 bridgehead atoms. The molecule has 0 spiro atoms. The molecule has 0 rings (SSSR count). The predicted octanol–water partition coefficient (Wildman–Crippen LogP) is 1.52. The molecule has 0 aromatic carbocycles. The van der Waals surface area contributed by atoms with Crippen LogP contribution in [0.25, 0.3) is 0 Å². The van der Waals surface area contributed by atoms with Gasteiger partial charge in [-0.25, -0.2) is 0 Å². The standard InChI is InChI=1S/C9H17NO/c1-7(2)6-8(11)9(3,4)10-5/h10H,1,6H2,2-5H3. The number of allylic oxidation sites excluding steroid dienone is 1. The van der Waals surface area contributed by atoms with Crippen LogP contribution in [0.1, 0.15) is 27.2 Å². The van der Waals surface area contributed by atoms with Crippen LogP contribution >= 0.6 is 0 Å². The van der Waals surface area contributed by atoms with E-state index >= 15 is 0 Å². The van der Waals surface area contributed by atoms with Crippen LogP contribution in [0.15, 0.2) is 12.2 Å². The number of likely N-dealkylation sites (N-methyl/N-ethyl adjacent to an activating group) is 1. The van der Waals surface area contributed by atoms with Gasteiger partial charge in [0.15, 0.2) is 5.78 Å². The van der Waals surface area contributed by atoms with Crippen molar-refractivity contribution in [2.45, 2.75) is 32.7 Å². The lowest BCUT2D eigenvalue weighted by molar-refractivity contribution is -0.123. The molecule has 1 N–H and O–H groups in total. The topological polar surface area (TPSA) is 29.1 Å². The number of ketones is 1. The molecule has 0 radical (unpaired) electrons. The summed E-state index contributed by atoms with van der Waals surface area (Å²) in [5.74, 6) is 0.188. The molecular formula is C9H17NO. The van der Waals surface area contributed by atoms with Crippen LogP contribution in [0.3, 0.4) is 0 Å². The summed E-state index contributed by atoms with van der Waals surface area (Å²) >= 11 is 0. The second-order valence-corrected chi connectivity index (χ2v) is 3.43. The Morgan fingerprint density at radius 2 is 2.00 bits per heavy atom. The smallest absolute Gasteiger partial charge is 0.156 e. The quantitative estimate of drug-likeness (QED) is 0.624. The van der Waals surface area contributed by atoms with E-state index in [-0.39, 0.29) is 5.78 Å². The Bertz CT molecular complexity index is 170. The van der Waals surface area contributed by atoms with Crippen LogP contribution in [0.5, 0.6) is 0 Å². The highest BCUT2D eigenvalue weighted by molar-refractivity contribution is 5.89. The highest BCUT2D eigenvalue weighted by Gasteiger charge is 2.23. The van der Waals surface area contributed by atoms with Gasteiger partial charge in [-0.15, -0.1) is 0 Å². The molecule has 0 aliphatic rings. The third-order valence-electron chi connectivity index (χ3n) is 1.78. The molecule has 2 heteroatoms. The number of hydrogen-bond acceptors (Lipinski definition) is 2. The van der Waals surface area contributed by atoms with Crippen molar-refractivity contribution in [1.29, 1.82) is 0 Å². The molecule has 0 aliphatic heterocycles. The van der Waals surface area contributed by atoms with Gasteiger partial charge < -0.3 is 5.32 Å². The van der Waals surface area contributed by atoms with Crippen molar-refractivity contribution in [3.63, 3.8) is 0 Å². The average Bonchev–Trinajstić information content (AvgIpc) is 1.86. The highest BCUT2D eigenvalue weighted by Crippen LogP contribution is 2.09. The van der Waals surface area contributed by atoms with Gasteiger partial charge in [-0.1, -0.05) is 12.2 Å². The molecule has 11 heavy (non-hydrogen) atoms. The first kappa shape index (κ1) is 10.4. The Balaban J connectivity index is 4.13. The van der Waals surface area contributed by atoms with E-state index in [0.29, 0.717) is 6.42 Å². The van der Waals surface area contributed by atoms with E-state index in [4.69, 9.17) is 0 Å². The lowest BCUT2D eigenvalue weighted by atomic mass is 9.95. The minimum Gasteiger partial charge on any atom is -0.308 e. The maximum absolute atomic E-state index is 11.4. The monoisotopic (exact) mass is 155 g/mol. The van der Waals surface area contributed by atoms with Crippen molar-refractivity contribution in [3.8, 4) is 0 Å². The Hall–Kier alpha value is -0.630. The number of carbonyl (C=O) groups is 1. The van der Waals surface area contributed by atoms with E-state index < -0.39 is 5.54 Å².